The van der Waals surface area contributed by atoms with Crippen molar-refractivity contribution in [3.05, 3.63) is 81.5 Å². The largest absolute Gasteiger partial charge is 0.448 e. The summed E-state index contributed by atoms with van der Waals surface area (Å²) in [6.07, 6.45) is -0.684. The van der Waals surface area contributed by atoms with Gasteiger partial charge in [-0.3, -0.25) is 14.9 Å². The van der Waals surface area contributed by atoms with E-state index >= 15 is 0 Å². The first-order valence-corrected chi connectivity index (χ1v) is 8.83. The molecular formula is C20H16N4O5. The summed E-state index contributed by atoms with van der Waals surface area (Å²) in [5.41, 5.74) is 2.36. The first kappa shape index (κ1) is 18.4. The number of non-ortho nitro benzene ring substituents is 1. The van der Waals surface area contributed by atoms with Crippen molar-refractivity contribution in [2.24, 2.45) is 0 Å². The Bertz CT molecular complexity index is 1120. The summed E-state index contributed by atoms with van der Waals surface area (Å²) < 4.78 is 6.75. The van der Waals surface area contributed by atoms with Crippen LogP contribution >= 0.6 is 0 Å². The Kier molecular flexibility index (Phi) is 4.55. The number of nitrogens with zero attached hydrogens (tertiary/aromatic N) is 3. The number of aryl methyl sites for hydroxylation is 1. The number of cyclic esters (lactones) is 1. The molecule has 1 atom stereocenters. The summed E-state index contributed by atoms with van der Waals surface area (Å²) in [6, 6.07) is 14.5. The highest BCUT2D eigenvalue weighted by Gasteiger charge is 2.31. The summed E-state index contributed by atoms with van der Waals surface area (Å²) in [4.78, 5) is 35.2. The van der Waals surface area contributed by atoms with E-state index in [0.717, 1.165) is 5.56 Å². The lowest BCUT2D eigenvalue weighted by Crippen LogP contribution is -2.38. The van der Waals surface area contributed by atoms with Crippen LogP contribution in [0.25, 0.3) is 5.69 Å². The van der Waals surface area contributed by atoms with Gasteiger partial charge < -0.3 is 10.1 Å². The Hall–Kier alpha value is -4.01. The number of nitro benzene ring substituents is 1. The molecule has 29 heavy (non-hydrogen) atoms. The number of aromatic nitrogens is 2. The fraction of sp³-hybridized carbons (Fsp3) is 0.150. The maximum atomic E-state index is 12.7. The number of ether oxygens (including phenoxy) is 1. The van der Waals surface area contributed by atoms with Crippen molar-refractivity contribution >= 4 is 23.4 Å². The van der Waals surface area contributed by atoms with Gasteiger partial charge in [-0.05, 0) is 30.7 Å². The minimum atomic E-state index is -0.960. The Labute approximate surface area is 165 Å². The lowest BCUT2D eigenvalue weighted by molar-refractivity contribution is -0.384. The molecule has 0 radical (unpaired) electrons. The Morgan fingerprint density at radius 1 is 1.24 bits per heavy atom. The van der Waals surface area contributed by atoms with E-state index in [0.29, 0.717) is 22.8 Å². The van der Waals surface area contributed by atoms with E-state index in [1.165, 1.54) is 28.9 Å². The third-order valence-corrected chi connectivity index (χ3v) is 4.57. The molecule has 0 fully saturated rings. The molecule has 146 valence electrons. The quantitative estimate of drug-likeness (QED) is 0.415. The van der Waals surface area contributed by atoms with Crippen molar-refractivity contribution in [3.8, 4) is 5.69 Å². The number of nitrogens with one attached hydrogen (secondary N) is 1. The van der Waals surface area contributed by atoms with Gasteiger partial charge >= 0.3 is 5.97 Å². The molecule has 0 bridgehead atoms. The number of nitro groups is 1. The normalized spacial score (nSPS) is 15.3. The lowest BCUT2D eigenvalue weighted by atomic mass is 9.98. The Balaban J connectivity index is 1.57. The van der Waals surface area contributed by atoms with E-state index in [1.807, 2.05) is 0 Å². The molecule has 2 heterocycles. The summed E-state index contributed by atoms with van der Waals surface area (Å²) in [7, 11) is 0. The van der Waals surface area contributed by atoms with Crippen LogP contribution in [-0.4, -0.2) is 32.7 Å². The highest BCUT2D eigenvalue weighted by Crippen LogP contribution is 2.23. The number of rotatable bonds is 4. The average Bonchev–Trinajstić information content (AvgIpc) is 3.08. The molecule has 1 aromatic heterocycles. The molecule has 9 heteroatoms. The van der Waals surface area contributed by atoms with Crippen molar-refractivity contribution in [1.29, 1.82) is 0 Å². The number of fused-ring (bicyclic) bond motifs is 1. The molecule has 0 saturated heterocycles. The average molecular weight is 392 g/mol. The molecule has 4 rings (SSSR count). The molecule has 0 spiro atoms. The molecule has 1 amide bonds. The van der Waals surface area contributed by atoms with Crippen LogP contribution in [-0.2, 0) is 16.0 Å². The maximum absolute atomic E-state index is 12.7. The molecule has 9 nitrogen and oxygen atoms in total. The maximum Gasteiger partial charge on any atom is 0.339 e. The molecule has 3 aromatic rings. The summed E-state index contributed by atoms with van der Waals surface area (Å²) >= 11 is 0. The van der Waals surface area contributed by atoms with E-state index < -0.39 is 22.9 Å². The van der Waals surface area contributed by atoms with Gasteiger partial charge in [0, 0.05) is 24.6 Å². The molecule has 1 aliphatic heterocycles. The second kappa shape index (κ2) is 7.19. The number of esters is 1. The fourth-order valence-corrected chi connectivity index (χ4v) is 3.19. The second-order valence-corrected chi connectivity index (χ2v) is 6.60. The van der Waals surface area contributed by atoms with Crippen LogP contribution in [0.15, 0.2) is 54.6 Å². The zero-order chi connectivity index (χ0) is 20.5. The fourth-order valence-electron chi connectivity index (χ4n) is 3.19. The molecule has 2 aromatic carbocycles. The van der Waals surface area contributed by atoms with Crippen LogP contribution in [0.5, 0.6) is 0 Å². The van der Waals surface area contributed by atoms with Gasteiger partial charge in [-0.1, -0.05) is 18.2 Å². The van der Waals surface area contributed by atoms with Crippen molar-refractivity contribution in [2.75, 3.05) is 5.32 Å². The highest BCUT2D eigenvalue weighted by molar-refractivity contribution is 5.99. The predicted molar refractivity (Wildman–Crippen MR) is 103 cm³/mol. The van der Waals surface area contributed by atoms with Crippen LogP contribution in [0, 0.1) is 17.0 Å². The smallest absolute Gasteiger partial charge is 0.339 e. The van der Waals surface area contributed by atoms with Gasteiger partial charge in [0.1, 0.15) is 5.82 Å². The van der Waals surface area contributed by atoms with Crippen molar-refractivity contribution < 1.29 is 19.2 Å². The zero-order valence-corrected chi connectivity index (χ0v) is 15.4. The molecule has 0 aliphatic carbocycles. The third-order valence-electron chi connectivity index (χ3n) is 4.57. The first-order valence-electron chi connectivity index (χ1n) is 8.83. The summed E-state index contributed by atoms with van der Waals surface area (Å²) in [6.45, 7) is 1.76. The van der Waals surface area contributed by atoms with Crippen LogP contribution in [0.3, 0.4) is 0 Å². The van der Waals surface area contributed by atoms with E-state index in [2.05, 4.69) is 10.4 Å². The number of hydrogen-bond acceptors (Lipinski definition) is 6. The number of carbonyl (C=O) groups is 2. The molecule has 0 saturated carbocycles. The van der Waals surface area contributed by atoms with E-state index in [4.69, 9.17) is 4.74 Å². The first-order chi connectivity index (χ1) is 13.9. The SMILES string of the molecule is Cc1cc(NC(=O)C2Cc3ccccc3C(=O)O2)n(-c2ccc([N+](=O)[O-])cc2)n1. The van der Waals surface area contributed by atoms with E-state index in [1.54, 1.807) is 37.3 Å². The predicted octanol–water partition coefficient (Wildman–Crippen LogP) is 2.81. The van der Waals surface area contributed by atoms with Crippen molar-refractivity contribution in [2.45, 2.75) is 19.4 Å². The molecule has 1 unspecified atom stereocenters. The highest BCUT2D eigenvalue weighted by atomic mass is 16.6. The standard InChI is InChI=1S/C20H16N4O5/c1-12-10-18(23(22-12)14-6-8-15(9-7-14)24(27)28)21-19(25)17-11-13-4-2-3-5-16(13)20(26)29-17/h2-10,17H,11H2,1H3,(H,21,25). The van der Waals surface area contributed by atoms with Crippen LogP contribution in [0.1, 0.15) is 21.6 Å². The second-order valence-electron chi connectivity index (χ2n) is 6.60. The van der Waals surface area contributed by atoms with Crippen molar-refractivity contribution in [1.82, 2.24) is 9.78 Å². The van der Waals surface area contributed by atoms with Crippen molar-refractivity contribution in [3.63, 3.8) is 0 Å². The minimum absolute atomic E-state index is 0.0454. The molecule has 1 aliphatic rings. The molecular weight excluding hydrogens is 376 g/mol. The number of hydrogen-bond donors (Lipinski definition) is 1. The monoisotopic (exact) mass is 392 g/mol. The van der Waals surface area contributed by atoms with Crippen LogP contribution in [0.2, 0.25) is 0 Å². The van der Waals surface area contributed by atoms with E-state index in [-0.39, 0.29) is 12.1 Å². The van der Waals surface area contributed by atoms with Crippen LogP contribution < -0.4 is 5.32 Å². The third kappa shape index (κ3) is 3.57. The van der Waals surface area contributed by atoms with Gasteiger partial charge in [0.15, 0.2) is 6.10 Å². The lowest BCUT2D eigenvalue weighted by Gasteiger charge is -2.23. The summed E-state index contributed by atoms with van der Waals surface area (Å²) in [5.74, 6) is -0.640. The Morgan fingerprint density at radius 3 is 2.69 bits per heavy atom. The van der Waals surface area contributed by atoms with Gasteiger partial charge in [-0.15, -0.1) is 0 Å². The number of amides is 1. The Morgan fingerprint density at radius 2 is 1.97 bits per heavy atom. The number of benzene rings is 2. The minimum Gasteiger partial charge on any atom is -0.448 e. The number of anilines is 1. The molecule has 1 N–H and O–H groups in total. The zero-order valence-electron chi connectivity index (χ0n) is 15.4. The summed E-state index contributed by atoms with van der Waals surface area (Å²) in [5, 5.41) is 17.9. The van der Waals surface area contributed by atoms with Gasteiger partial charge in [0.2, 0.25) is 0 Å². The van der Waals surface area contributed by atoms with Gasteiger partial charge in [0.25, 0.3) is 11.6 Å². The van der Waals surface area contributed by atoms with Crippen LogP contribution in [0.4, 0.5) is 11.5 Å². The topological polar surface area (TPSA) is 116 Å². The van der Waals surface area contributed by atoms with Gasteiger partial charge in [-0.2, -0.15) is 5.10 Å². The van der Waals surface area contributed by atoms with Gasteiger partial charge in [0.05, 0.1) is 21.9 Å². The number of carbonyl (C=O) groups excluding carboxylic acids is 2. The van der Waals surface area contributed by atoms with Gasteiger partial charge in [-0.25, -0.2) is 9.48 Å². The van der Waals surface area contributed by atoms with E-state index in [9.17, 15) is 19.7 Å².